The van der Waals surface area contributed by atoms with E-state index in [-0.39, 0.29) is 16.5 Å². The minimum Gasteiger partial charge on any atom is -0.475 e. The predicted molar refractivity (Wildman–Crippen MR) is 107 cm³/mol. The number of methoxy groups -OCH3 is 1. The standard InChI is InChI=1S/C16H21N5O4S.C2HF3O2/c1-12-15-19-14(16(22)18-6-9-25-2)11-20(15)7-8-21(12)26(23,24)13-4-3-5-17-10-13;3-2(4,5)1(6)7/h3-5,10-12H,6-9H2,1-2H3,(H,18,22);(H,6,7). The highest BCUT2D eigenvalue weighted by Crippen LogP contribution is 2.30. The number of carbonyl (C=O) groups excluding carboxylic acids is 1. The Morgan fingerprint density at radius 2 is 2.00 bits per heavy atom. The molecule has 0 radical (unpaired) electrons. The number of carboxylic acid groups (broad SMARTS) is 1. The highest BCUT2D eigenvalue weighted by atomic mass is 32.2. The van der Waals surface area contributed by atoms with Gasteiger partial charge in [-0.25, -0.2) is 18.2 Å². The van der Waals surface area contributed by atoms with Crippen LogP contribution in [0.1, 0.15) is 29.3 Å². The number of nitrogens with zero attached hydrogens (tertiary/aromatic N) is 4. The van der Waals surface area contributed by atoms with E-state index in [1.165, 1.54) is 22.8 Å². The van der Waals surface area contributed by atoms with Gasteiger partial charge in [0.05, 0.1) is 12.6 Å². The van der Waals surface area contributed by atoms with Crippen molar-refractivity contribution in [3.05, 3.63) is 42.2 Å². The number of halogens is 3. The van der Waals surface area contributed by atoms with Gasteiger partial charge in [-0.15, -0.1) is 0 Å². The maximum Gasteiger partial charge on any atom is 0.490 e. The molecule has 1 unspecified atom stereocenters. The summed E-state index contributed by atoms with van der Waals surface area (Å²) < 4.78 is 65.6. The molecule has 1 aliphatic heterocycles. The first kappa shape index (κ1) is 26.2. The molecule has 3 rings (SSSR count). The normalized spacial score (nSPS) is 16.3. The SMILES string of the molecule is COCCNC(=O)c1cn2c(n1)C(C)N(S(=O)(=O)c1cccnc1)CC2.O=C(O)C(F)(F)F. The van der Waals surface area contributed by atoms with E-state index >= 15 is 0 Å². The molecule has 0 bridgehead atoms. The smallest absolute Gasteiger partial charge is 0.475 e. The van der Waals surface area contributed by atoms with Crippen molar-refractivity contribution in [1.82, 2.24) is 24.2 Å². The molecule has 1 atom stereocenters. The van der Waals surface area contributed by atoms with Crippen LogP contribution in [0.4, 0.5) is 13.2 Å². The number of nitrogens with one attached hydrogen (secondary N) is 1. The molecule has 2 aromatic heterocycles. The van der Waals surface area contributed by atoms with Crippen molar-refractivity contribution in [2.45, 2.75) is 30.6 Å². The van der Waals surface area contributed by atoms with Gasteiger partial charge in [0.25, 0.3) is 5.91 Å². The fraction of sp³-hybridized carbons (Fsp3) is 0.444. The summed E-state index contributed by atoms with van der Waals surface area (Å²) in [5, 5.41) is 9.84. The van der Waals surface area contributed by atoms with E-state index in [9.17, 15) is 26.4 Å². The Morgan fingerprint density at radius 3 is 2.55 bits per heavy atom. The number of hydrogen-bond acceptors (Lipinski definition) is 7. The predicted octanol–water partition coefficient (Wildman–Crippen LogP) is 1.05. The van der Waals surface area contributed by atoms with Gasteiger partial charge in [0.15, 0.2) is 0 Å². The van der Waals surface area contributed by atoms with Gasteiger partial charge in [-0.3, -0.25) is 9.78 Å². The number of carbonyl (C=O) groups is 2. The van der Waals surface area contributed by atoms with Gasteiger partial charge < -0.3 is 19.7 Å². The van der Waals surface area contributed by atoms with E-state index in [1.54, 1.807) is 26.3 Å². The number of rotatable bonds is 6. The van der Waals surface area contributed by atoms with Gasteiger partial charge in [-0.1, -0.05) is 0 Å². The van der Waals surface area contributed by atoms with Crippen LogP contribution in [0, 0.1) is 0 Å². The quantitative estimate of drug-likeness (QED) is 0.569. The molecule has 0 saturated heterocycles. The molecule has 3 heterocycles. The third-order valence-electron chi connectivity index (χ3n) is 4.48. The molecule has 0 aromatic carbocycles. The van der Waals surface area contributed by atoms with Crippen LogP contribution in [0.2, 0.25) is 0 Å². The van der Waals surface area contributed by atoms with Crippen molar-refractivity contribution in [3.8, 4) is 0 Å². The van der Waals surface area contributed by atoms with Gasteiger partial charge in [-0.05, 0) is 19.1 Å². The Bertz CT molecular complexity index is 1070. The van der Waals surface area contributed by atoms with Crippen LogP contribution in [-0.4, -0.2) is 77.2 Å². The number of amides is 1. The molecule has 2 aromatic rings. The Kier molecular flexibility index (Phi) is 8.51. The van der Waals surface area contributed by atoms with Crippen molar-refractivity contribution in [2.24, 2.45) is 0 Å². The zero-order valence-corrected chi connectivity index (χ0v) is 18.4. The van der Waals surface area contributed by atoms with Crippen LogP contribution >= 0.6 is 0 Å². The summed E-state index contributed by atoms with van der Waals surface area (Å²) in [6.07, 6.45) is -0.570. The van der Waals surface area contributed by atoms with E-state index in [4.69, 9.17) is 14.6 Å². The first-order valence-corrected chi connectivity index (χ1v) is 10.9. The second kappa shape index (κ2) is 10.7. The van der Waals surface area contributed by atoms with E-state index in [0.29, 0.717) is 32.1 Å². The number of carboxylic acids is 1. The fourth-order valence-corrected chi connectivity index (χ4v) is 4.45. The maximum absolute atomic E-state index is 12.9. The molecule has 0 aliphatic carbocycles. The minimum atomic E-state index is -5.08. The Morgan fingerprint density at radius 1 is 1.33 bits per heavy atom. The van der Waals surface area contributed by atoms with E-state index in [1.807, 2.05) is 4.57 Å². The number of alkyl halides is 3. The average molecular weight is 493 g/mol. The summed E-state index contributed by atoms with van der Waals surface area (Å²) in [6, 6.07) is 2.62. The number of fused-ring (bicyclic) bond motifs is 1. The molecule has 2 N–H and O–H groups in total. The van der Waals surface area contributed by atoms with Crippen LogP contribution in [0.3, 0.4) is 0 Å². The average Bonchev–Trinajstić information content (AvgIpc) is 3.20. The van der Waals surface area contributed by atoms with Gasteiger partial charge in [0.1, 0.15) is 16.4 Å². The van der Waals surface area contributed by atoms with E-state index in [0.717, 1.165) is 0 Å². The van der Waals surface area contributed by atoms with Crippen LogP contribution in [0.15, 0.2) is 35.6 Å². The molecule has 11 nitrogen and oxygen atoms in total. The number of aliphatic carboxylic acids is 1. The van der Waals surface area contributed by atoms with Crippen molar-refractivity contribution in [1.29, 1.82) is 0 Å². The highest BCUT2D eigenvalue weighted by molar-refractivity contribution is 7.89. The van der Waals surface area contributed by atoms with E-state index < -0.39 is 28.2 Å². The molecule has 1 amide bonds. The van der Waals surface area contributed by atoms with Crippen LogP contribution in [0.25, 0.3) is 0 Å². The number of sulfonamides is 1. The first-order chi connectivity index (χ1) is 15.4. The summed E-state index contributed by atoms with van der Waals surface area (Å²) >= 11 is 0. The van der Waals surface area contributed by atoms with Crippen LogP contribution in [0.5, 0.6) is 0 Å². The maximum atomic E-state index is 12.9. The summed E-state index contributed by atoms with van der Waals surface area (Å²) in [4.78, 5) is 29.4. The van der Waals surface area contributed by atoms with Gasteiger partial charge in [-0.2, -0.15) is 17.5 Å². The summed E-state index contributed by atoms with van der Waals surface area (Å²) in [6.45, 7) is 3.28. The molecule has 0 saturated carbocycles. The molecule has 33 heavy (non-hydrogen) atoms. The first-order valence-electron chi connectivity index (χ1n) is 9.45. The van der Waals surface area contributed by atoms with Crippen LogP contribution in [-0.2, 0) is 26.1 Å². The monoisotopic (exact) mass is 493 g/mol. The third-order valence-corrected chi connectivity index (χ3v) is 6.44. The van der Waals surface area contributed by atoms with Crippen molar-refractivity contribution < 1.29 is 41.0 Å². The summed E-state index contributed by atoms with van der Waals surface area (Å²) in [7, 11) is -2.13. The molecule has 1 aliphatic rings. The zero-order valence-electron chi connectivity index (χ0n) is 17.6. The topological polar surface area (TPSA) is 144 Å². The lowest BCUT2D eigenvalue weighted by atomic mass is 10.2. The van der Waals surface area contributed by atoms with Gasteiger partial charge in [0, 0.05) is 45.3 Å². The van der Waals surface area contributed by atoms with Gasteiger partial charge >= 0.3 is 12.1 Å². The molecule has 0 spiro atoms. The molecule has 182 valence electrons. The molecular weight excluding hydrogens is 471 g/mol. The number of hydrogen-bond donors (Lipinski definition) is 2. The van der Waals surface area contributed by atoms with Crippen molar-refractivity contribution >= 4 is 21.9 Å². The Balaban J connectivity index is 0.000000479. The lowest BCUT2D eigenvalue weighted by Gasteiger charge is -2.32. The Labute approximate surface area is 187 Å². The largest absolute Gasteiger partial charge is 0.490 e. The highest BCUT2D eigenvalue weighted by Gasteiger charge is 2.38. The fourth-order valence-electron chi connectivity index (χ4n) is 2.90. The van der Waals surface area contributed by atoms with Crippen molar-refractivity contribution in [3.63, 3.8) is 0 Å². The zero-order chi connectivity index (χ0) is 24.8. The van der Waals surface area contributed by atoms with Gasteiger partial charge in [0.2, 0.25) is 10.0 Å². The number of imidazole rings is 1. The second-order valence-corrected chi connectivity index (χ2v) is 8.60. The summed E-state index contributed by atoms with van der Waals surface area (Å²) in [5.74, 6) is -2.52. The number of ether oxygens (including phenoxy) is 1. The second-order valence-electron chi connectivity index (χ2n) is 6.71. The molecule has 0 fully saturated rings. The molecular formula is C18H22F3N5O6S. The Hall–Kier alpha value is -3.04. The summed E-state index contributed by atoms with van der Waals surface area (Å²) in [5.41, 5.74) is 0.267. The van der Waals surface area contributed by atoms with E-state index in [2.05, 4.69) is 15.3 Å². The van der Waals surface area contributed by atoms with Crippen LogP contribution < -0.4 is 5.32 Å². The minimum absolute atomic E-state index is 0.143. The van der Waals surface area contributed by atoms with Crippen molar-refractivity contribution in [2.75, 3.05) is 26.8 Å². The number of pyridine rings is 1. The lowest BCUT2D eigenvalue weighted by Crippen LogP contribution is -2.41. The number of aromatic nitrogens is 3. The third kappa shape index (κ3) is 6.49. The lowest BCUT2D eigenvalue weighted by molar-refractivity contribution is -0.192. The molecule has 15 heteroatoms.